The number of nitrogen functional groups attached to an aromatic ring is 1. The van der Waals surface area contributed by atoms with E-state index in [2.05, 4.69) is 21.9 Å². The van der Waals surface area contributed by atoms with E-state index in [4.69, 9.17) is 10.2 Å². The summed E-state index contributed by atoms with van der Waals surface area (Å²) in [6.45, 7) is 2.08. The fourth-order valence-corrected chi connectivity index (χ4v) is 2.04. The van der Waals surface area contributed by atoms with Gasteiger partial charge in [0.1, 0.15) is 17.7 Å². The molecule has 0 unspecified atom stereocenters. The summed E-state index contributed by atoms with van der Waals surface area (Å²) in [5, 5.41) is 0.982. The number of anilines is 1. The molecule has 2 heterocycles. The van der Waals surface area contributed by atoms with Gasteiger partial charge in [-0.2, -0.15) is 9.97 Å². The summed E-state index contributed by atoms with van der Waals surface area (Å²) in [4.78, 5) is 12.8. The molecule has 1 aromatic carbocycles. The molecule has 2 aromatic heterocycles. The van der Waals surface area contributed by atoms with E-state index in [0.29, 0.717) is 5.82 Å². The van der Waals surface area contributed by atoms with Crippen molar-refractivity contribution in [3.63, 3.8) is 0 Å². The molecule has 0 amide bonds. The fourth-order valence-electron chi connectivity index (χ4n) is 2.04. The molecule has 5 nitrogen and oxygen atoms in total. The molecule has 3 rings (SSSR count). The lowest BCUT2D eigenvalue weighted by Gasteiger charge is -2.02. The maximum Gasteiger partial charge on any atom is 0.223 e. The van der Waals surface area contributed by atoms with Crippen LogP contribution in [0.25, 0.3) is 22.4 Å². The van der Waals surface area contributed by atoms with Gasteiger partial charge in [0.2, 0.25) is 5.95 Å². The maximum atomic E-state index is 5.75. The van der Waals surface area contributed by atoms with Crippen LogP contribution in [0.15, 0.2) is 34.9 Å². The third kappa shape index (κ3) is 2.14. The Morgan fingerprint density at radius 3 is 2.84 bits per heavy atom. The molecule has 0 aliphatic rings. The van der Waals surface area contributed by atoms with Gasteiger partial charge in [0.05, 0.1) is 5.56 Å². The van der Waals surface area contributed by atoms with Crippen molar-refractivity contribution >= 4 is 16.9 Å². The average molecular weight is 254 g/mol. The Hall–Kier alpha value is -2.43. The Labute approximate surface area is 110 Å². The standard InChI is InChI=1S/C14H14N4O/c1-2-5-12-16-13(18-14(15)17-12)10-8-19-11-7-4-3-6-9(10)11/h3-4,6-8H,2,5H2,1H3,(H2,15,16,17,18). The van der Waals surface area contributed by atoms with Crippen LogP contribution in [0.3, 0.4) is 0 Å². The number of nitrogens with zero attached hydrogens (tertiary/aromatic N) is 3. The van der Waals surface area contributed by atoms with E-state index in [9.17, 15) is 0 Å². The number of hydrogen-bond donors (Lipinski definition) is 1. The summed E-state index contributed by atoms with van der Waals surface area (Å²) in [6, 6.07) is 7.78. The van der Waals surface area contributed by atoms with E-state index >= 15 is 0 Å². The van der Waals surface area contributed by atoms with E-state index in [1.807, 2.05) is 24.3 Å². The van der Waals surface area contributed by atoms with Crippen molar-refractivity contribution in [2.75, 3.05) is 5.73 Å². The Kier molecular flexibility index (Phi) is 2.87. The Bertz CT molecular complexity index is 720. The molecule has 2 N–H and O–H groups in total. The van der Waals surface area contributed by atoms with Gasteiger partial charge in [0.25, 0.3) is 0 Å². The number of aryl methyl sites for hydroxylation is 1. The van der Waals surface area contributed by atoms with Gasteiger partial charge >= 0.3 is 0 Å². The minimum Gasteiger partial charge on any atom is -0.464 e. The molecule has 96 valence electrons. The van der Waals surface area contributed by atoms with Crippen molar-refractivity contribution in [3.8, 4) is 11.4 Å². The van der Waals surface area contributed by atoms with Crippen LogP contribution in [-0.4, -0.2) is 15.0 Å². The highest BCUT2D eigenvalue weighted by molar-refractivity contribution is 5.91. The predicted molar refractivity (Wildman–Crippen MR) is 73.4 cm³/mol. The molecule has 0 aliphatic carbocycles. The van der Waals surface area contributed by atoms with Crippen LogP contribution in [-0.2, 0) is 6.42 Å². The minimum atomic E-state index is 0.249. The molecule has 5 heteroatoms. The molecular weight excluding hydrogens is 240 g/mol. The van der Waals surface area contributed by atoms with Crippen molar-refractivity contribution in [1.82, 2.24) is 15.0 Å². The second kappa shape index (κ2) is 4.68. The molecule has 19 heavy (non-hydrogen) atoms. The van der Waals surface area contributed by atoms with Gasteiger partial charge < -0.3 is 10.2 Å². The third-order valence-electron chi connectivity index (χ3n) is 2.89. The average Bonchev–Trinajstić information content (AvgIpc) is 2.82. The summed E-state index contributed by atoms with van der Waals surface area (Å²) in [7, 11) is 0. The highest BCUT2D eigenvalue weighted by Gasteiger charge is 2.12. The van der Waals surface area contributed by atoms with Crippen LogP contribution in [0.2, 0.25) is 0 Å². The summed E-state index contributed by atoms with van der Waals surface area (Å²) in [5.41, 5.74) is 7.41. The Morgan fingerprint density at radius 2 is 2.00 bits per heavy atom. The zero-order valence-electron chi connectivity index (χ0n) is 10.6. The molecule has 0 bridgehead atoms. The first-order valence-electron chi connectivity index (χ1n) is 6.25. The number of aromatic nitrogens is 3. The summed E-state index contributed by atoms with van der Waals surface area (Å²) in [6.07, 6.45) is 3.42. The van der Waals surface area contributed by atoms with Gasteiger partial charge in [0.15, 0.2) is 5.82 Å². The van der Waals surface area contributed by atoms with Gasteiger partial charge in [-0.25, -0.2) is 4.98 Å². The van der Waals surface area contributed by atoms with Crippen LogP contribution < -0.4 is 5.73 Å². The van der Waals surface area contributed by atoms with Crippen LogP contribution in [0.4, 0.5) is 5.95 Å². The Morgan fingerprint density at radius 1 is 1.16 bits per heavy atom. The first kappa shape index (κ1) is 11.6. The summed E-state index contributed by atoms with van der Waals surface area (Å²) in [5.74, 6) is 1.54. The lowest BCUT2D eigenvalue weighted by atomic mass is 10.1. The predicted octanol–water partition coefficient (Wildman–Crippen LogP) is 2.82. The van der Waals surface area contributed by atoms with Crippen molar-refractivity contribution in [2.24, 2.45) is 0 Å². The second-order valence-corrected chi connectivity index (χ2v) is 4.33. The fraction of sp³-hybridized carbons (Fsp3) is 0.214. The number of furan rings is 1. The van der Waals surface area contributed by atoms with Crippen molar-refractivity contribution in [2.45, 2.75) is 19.8 Å². The maximum absolute atomic E-state index is 5.75. The lowest BCUT2D eigenvalue weighted by Crippen LogP contribution is -2.04. The van der Waals surface area contributed by atoms with Crippen molar-refractivity contribution in [1.29, 1.82) is 0 Å². The molecular formula is C14H14N4O. The Balaban J connectivity index is 2.15. The SMILES string of the molecule is CCCc1nc(N)nc(-c2coc3ccccc23)n1. The number of nitrogens with two attached hydrogens (primary N) is 1. The number of fused-ring (bicyclic) bond motifs is 1. The van der Waals surface area contributed by atoms with Gasteiger partial charge in [-0.15, -0.1) is 0 Å². The molecule has 0 atom stereocenters. The number of rotatable bonds is 3. The molecule has 0 fully saturated rings. The van der Waals surface area contributed by atoms with Crippen molar-refractivity contribution < 1.29 is 4.42 Å². The van der Waals surface area contributed by atoms with E-state index < -0.39 is 0 Å². The molecule has 0 aliphatic heterocycles. The van der Waals surface area contributed by atoms with Crippen LogP contribution in [0, 0.1) is 0 Å². The third-order valence-corrected chi connectivity index (χ3v) is 2.89. The number of benzene rings is 1. The normalized spacial score (nSPS) is 11.0. The second-order valence-electron chi connectivity index (χ2n) is 4.33. The quantitative estimate of drug-likeness (QED) is 0.777. The molecule has 3 aromatic rings. The number of para-hydroxylation sites is 1. The van der Waals surface area contributed by atoms with Gasteiger partial charge in [-0.1, -0.05) is 25.1 Å². The van der Waals surface area contributed by atoms with Gasteiger partial charge in [0, 0.05) is 11.8 Å². The van der Waals surface area contributed by atoms with Crippen molar-refractivity contribution in [3.05, 3.63) is 36.4 Å². The van der Waals surface area contributed by atoms with Gasteiger partial charge in [-0.05, 0) is 12.5 Å². The first-order valence-corrected chi connectivity index (χ1v) is 6.25. The zero-order chi connectivity index (χ0) is 13.2. The monoisotopic (exact) mass is 254 g/mol. The summed E-state index contributed by atoms with van der Waals surface area (Å²) >= 11 is 0. The smallest absolute Gasteiger partial charge is 0.223 e. The van der Waals surface area contributed by atoms with Gasteiger partial charge in [-0.3, -0.25) is 0 Å². The van der Waals surface area contributed by atoms with E-state index in [1.165, 1.54) is 0 Å². The molecule has 0 saturated carbocycles. The van der Waals surface area contributed by atoms with Crippen LogP contribution in [0.1, 0.15) is 19.2 Å². The lowest BCUT2D eigenvalue weighted by molar-refractivity contribution is 0.616. The van der Waals surface area contributed by atoms with E-state index in [0.717, 1.165) is 35.2 Å². The van der Waals surface area contributed by atoms with Crippen LogP contribution >= 0.6 is 0 Å². The minimum absolute atomic E-state index is 0.249. The molecule has 0 saturated heterocycles. The first-order chi connectivity index (χ1) is 9.28. The van der Waals surface area contributed by atoms with Crippen LogP contribution in [0.5, 0.6) is 0 Å². The van der Waals surface area contributed by atoms with E-state index in [-0.39, 0.29) is 5.95 Å². The number of hydrogen-bond acceptors (Lipinski definition) is 5. The highest BCUT2D eigenvalue weighted by Crippen LogP contribution is 2.28. The highest BCUT2D eigenvalue weighted by atomic mass is 16.3. The molecule has 0 spiro atoms. The largest absolute Gasteiger partial charge is 0.464 e. The topological polar surface area (TPSA) is 77.8 Å². The zero-order valence-corrected chi connectivity index (χ0v) is 10.6. The summed E-state index contributed by atoms with van der Waals surface area (Å²) < 4.78 is 5.50. The van der Waals surface area contributed by atoms with E-state index in [1.54, 1.807) is 6.26 Å². The molecule has 0 radical (unpaired) electrons.